The van der Waals surface area contributed by atoms with Crippen molar-refractivity contribution < 1.29 is 0 Å². The molecular formula is C11H19N3S. The van der Waals surface area contributed by atoms with Crippen molar-refractivity contribution in [2.24, 2.45) is 23.5 Å². The highest BCUT2D eigenvalue weighted by Gasteiger charge is 2.29. The normalized spacial score (nSPS) is 33.9. The Labute approximate surface area is 95.2 Å². The Hall–Kier alpha value is -0.480. The van der Waals surface area contributed by atoms with E-state index in [0.29, 0.717) is 5.92 Å². The van der Waals surface area contributed by atoms with Crippen LogP contribution in [0.25, 0.3) is 0 Å². The third kappa shape index (κ3) is 2.55. The van der Waals surface area contributed by atoms with Crippen molar-refractivity contribution in [3.05, 3.63) is 11.1 Å². The van der Waals surface area contributed by atoms with Crippen LogP contribution in [-0.2, 0) is 0 Å². The van der Waals surface area contributed by atoms with Crippen LogP contribution in [-0.4, -0.2) is 9.59 Å². The van der Waals surface area contributed by atoms with E-state index in [1.807, 2.05) is 5.38 Å². The maximum atomic E-state index is 6.24. The summed E-state index contributed by atoms with van der Waals surface area (Å²) in [7, 11) is 0. The van der Waals surface area contributed by atoms with Gasteiger partial charge in [-0.15, -0.1) is 5.10 Å². The maximum Gasteiger partial charge on any atom is 0.0925 e. The zero-order valence-corrected chi connectivity index (χ0v) is 10.2. The second kappa shape index (κ2) is 4.58. The van der Waals surface area contributed by atoms with Gasteiger partial charge in [0.15, 0.2) is 0 Å². The molecule has 1 aliphatic carbocycles. The smallest absolute Gasteiger partial charge is 0.0925 e. The van der Waals surface area contributed by atoms with Crippen LogP contribution in [0.2, 0.25) is 0 Å². The third-order valence-electron chi connectivity index (χ3n) is 3.44. The molecule has 4 heteroatoms. The highest BCUT2D eigenvalue weighted by Crippen LogP contribution is 2.38. The molecule has 0 aromatic carbocycles. The van der Waals surface area contributed by atoms with E-state index in [1.54, 1.807) is 0 Å². The lowest BCUT2D eigenvalue weighted by Gasteiger charge is -2.34. The van der Waals surface area contributed by atoms with Crippen LogP contribution in [0.5, 0.6) is 0 Å². The van der Waals surface area contributed by atoms with Gasteiger partial charge in [-0.2, -0.15) is 0 Å². The molecule has 1 aromatic rings. The van der Waals surface area contributed by atoms with Gasteiger partial charge in [-0.05, 0) is 48.5 Å². The minimum absolute atomic E-state index is 0.0916. The van der Waals surface area contributed by atoms with Gasteiger partial charge in [0.05, 0.1) is 11.7 Å². The van der Waals surface area contributed by atoms with Crippen molar-refractivity contribution in [2.75, 3.05) is 0 Å². The fraction of sp³-hybridized carbons (Fsp3) is 0.818. The molecule has 1 saturated carbocycles. The highest BCUT2D eigenvalue weighted by atomic mass is 32.1. The first kappa shape index (κ1) is 11.0. The van der Waals surface area contributed by atoms with E-state index in [2.05, 4.69) is 23.4 Å². The van der Waals surface area contributed by atoms with E-state index in [0.717, 1.165) is 17.5 Å². The molecule has 1 aromatic heterocycles. The molecule has 3 nitrogen and oxygen atoms in total. The monoisotopic (exact) mass is 225 g/mol. The molecule has 2 N–H and O–H groups in total. The summed E-state index contributed by atoms with van der Waals surface area (Å²) in [4.78, 5) is 0. The van der Waals surface area contributed by atoms with E-state index in [-0.39, 0.29) is 6.04 Å². The lowest BCUT2D eigenvalue weighted by molar-refractivity contribution is 0.192. The van der Waals surface area contributed by atoms with Crippen molar-refractivity contribution in [1.29, 1.82) is 0 Å². The SMILES string of the molecule is CC1CC(C)CC(C(N)c2csnn2)C1. The minimum Gasteiger partial charge on any atom is -0.322 e. The maximum absolute atomic E-state index is 6.24. The molecule has 15 heavy (non-hydrogen) atoms. The predicted octanol–water partition coefficient (Wildman–Crippen LogP) is 2.61. The van der Waals surface area contributed by atoms with Crippen LogP contribution in [0, 0.1) is 17.8 Å². The van der Waals surface area contributed by atoms with Gasteiger partial charge in [-0.1, -0.05) is 18.3 Å². The standard InChI is InChI=1S/C11H19N3S/c1-7-3-8(2)5-9(4-7)11(12)10-6-15-14-13-10/h6-9,11H,3-5,12H2,1-2H3. The van der Waals surface area contributed by atoms with Crippen LogP contribution in [0.1, 0.15) is 44.8 Å². The molecule has 0 bridgehead atoms. The molecule has 0 aliphatic heterocycles. The Morgan fingerprint density at radius 3 is 2.53 bits per heavy atom. The third-order valence-corrected chi connectivity index (χ3v) is 3.96. The van der Waals surface area contributed by atoms with Gasteiger partial charge in [-0.3, -0.25) is 0 Å². The van der Waals surface area contributed by atoms with E-state index < -0.39 is 0 Å². The number of nitrogens with zero attached hydrogens (tertiary/aromatic N) is 2. The average Bonchev–Trinajstić information content (AvgIpc) is 2.67. The molecule has 3 unspecified atom stereocenters. The Morgan fingerprint density at radius 2 is 2.00 bits per heavy atom. The summed E-state index contributed by atoms with van der Waals surface area (Å²) in [6.07, 6.45) is 3.82. The Bertz CT molecular complexity index is 289. The lowest BCUT2D eigenvalue weighted by atomic mass is 9.73. The number of aromatic nitrogens is 2. The molecule has 84 valence electrons. The zero-order valence-electron chi connectivity index (χ0n) is 9.39. The molecule has 3 atom stereocenters. The average molecular weight is 225 g/mol. The Morgan fingerprint density at radius 1 is 1.33 bits per heavy atom. The van der Waals surface area contributed by atoms with Gasteiger partial charge in [0.25, 0.3) is 0 Å². The first-order chi connectivity index (χ1) is 7.16. The summed E-state index contributed by atoms with van der Waals surface area (Å²) in [6, 6.07) is 0.0916. The first-order valence-electron chi connectivity index (χ1n) is 5.69. The van der Waals surface area contributed by atoms with E-state index in [9.17, 15) is 0 Å². The van der Waals surface area contributed by atoms with Crippen LogP contribution >= 0.6 is 11.5 Å². The van der Waals surface area contributed by atoms with Crippen molar-refractivity contribution in [3.63, 3.8) is 0 Å². The zero-order chi connectivity index (χ0) is 10.8. The van der Waals surface area contributed by atoms with Gasteiger partial charge < -0.3 is 5.73 Å². The van der Waals surface area contributed by atoms with Gasteiger partial charge in [-0.25, -0.2) is 0 Å². The van der Waals surface area contributed by atoms with Crippen LogP contribution in [0.4, 0.5) is 0 Å². The topological polar surface area (TPSA) is 51.8 Å². The number of hydrogen-bond acceptors (Lipinski definition) is 4. The summed E-state index contributed by atoms with van der Waals surface area (Å²) in [5.41, 5.74) is 7.22. The fourth-order valence-corrected chi connectivity index (χ4v) is 3.36. The molecule has 2 rings (SSSR count). The summed E-state index contributed by atoms with van der Waals surface area (Å²) in [5.74, 6) is 2.19. The molecule has 0 amide bonds. The Kier molecular flexibility index (Phi) is 3.36. The van der Waals surface area contributed by atoms with Crippen molar-refractivity contribution in [1.82, 2.24) is 9.59 Å². The second-order valence-corrected chi connectivity index (χ2v) is 5.64. The molecule has 1 heterocycles. The summed E-state index contributed by atoms with van der Waals surface area (Å²) < 4.78 is 3.89. The van der Waals surface area contributed by atoms with Gasteiger partial charge in [0.1, 0.15) is 0 Å². The van der Waals surface area contributed by atoms with E-state index in [4.69, 9.17) is 5.73 Å². The fourth-order valence-electron chi connectivity index (χ4n) is 2.86. The van der Waals surface area contributed by atoms with Crippen LogP contribution in [0.15, 0.2) is 5.38 Å². The Balaban J connectivity index is 2.03. The highest BCUT2D eigenvalue weighted by molar-refractivity contribution is 7.03. The van der Waals surface area contributed by atoms with E-state index >= 15 is 0 Å². The van der Waals surface area contributed by atoms with Gasteiger partial charge in [0.2, 0.25) is 0 Å². The summed E-state index contributed by atoms with van der Waals surface area (Å²) in [6.45, 7) is 4.66. The quantitative estimate of drug-likeness (QED) is 0.841. The van der Waals surface area contributed by atoms with Gasteiger partial charge >= 0.3 is 0 Å². The lowest BCUT2D eigenvalue weighted by Crippen LogP contribution is -2.29. The minimum atomic E-state index is 0.0916. The van der Waals surface area contributed by atoms with E-state index in [1.165, 1.54) is 30.8 Å². The number of nitrogens with two attached hydrogens (primary N) is 1. The van der Waals surface area contributed by atoms with Crippen LogP contribution < -0.4 is 5.73 Å². The second-order valence-electron chi connectivity index (χ2n) is 5.03. The summed E-state index contributed by atoms with van der Waals surface area (Å²) in [5, 5.41) is 6.07. The van der Waals surface area contributed by atoms with Crippen LogP contribution in [0.3, 0.4) is 0 Å². The largest absolute Gasteiger partial charge is 0.322 e. The molecule has 0 saturated heterocycles. The molecule has 0 spiro atoms. The summed E-state index contributed by atoms with van der Waals surface area (Å²) >= 11 is 1.39. The van der Waals surface area contributed by atoms with Crippen molar-refractivity contribution in [3.8, 4) is 0 Å². The molecule has 1 aliphatic rings. The molecule has 0 radical (unpaired) electrons. The van der Waals surface area contributed by atoms with Crippen molar-refractivity contribution >= 4 is 11.5 Å². The number of hydrogen-bond donors (Lipinski definition) is 1. The predicted molar refractivity (Wildman–Crippen MR) is 62.5 cm³/mol. The first-order valence-corrected chi connectivity index (χ1v) is 6.53. The van der Waals surface area contributed by atoms with Crippen molar-refractivity contribution in [2.45, 2.75) is 39.2 Å². The molecular weight excluding hydrogens is 206 g/mol. The number of rotatable bonds is 2. The molecule has 1 fully saturated rings. The van der Waals surface area contributed by atoms with Gasteiger partial charge in [0, 0.05) is 5.38 Å².